The van der Waals surface area contributed by atoms with Crippen molar-refractivity contribution in [1.29, 1.82) is 0 Å². The number of carbonyl (C=O) groups excluding carboxylic acids is 1. The van der Waals surface area contributed by atoms with Crippen LogP contribution in [0, 0.1) is 5.92 Å². The number of amides is 1. The number of imidazole rings is 1. The summed E-state index contributed by atoms with van der Waals surface area (Å²) in [5.74, 6) is 0.865. The van der Waals surface area contributed by atoms with Gasteiger partial charge in [-0.3, -0.25) is 0 Å². The van der Waals surface area contributed by atoms with Crippen LogP contribution in [-0.2, 0) is 4.74 Å². The van der Waals surface area contributed by atoms with Crippen molar-refractivity contribution in [3.8, 4) is 0 Å². The Morgan fingerprint density at radius 1 is 1.48 bits per heavy atom. The fraction of sp³-hybridized carbons (Fsp3) is 0.750. The lowest BCUT2D eigenvalue weighted by atomic mass is 10.1. The minimum absolute atomic E-state index is 0.121. The molecular weight excluding hydrogens is 266 g/mol. The molecule has 0 saturated heterocycles. The van der Waals surface area contributed by atoms with E-state index in [-0.39, 0.29) is 6.04 Å². The summed E-state index contributed by atoms with van der Waals surface area (Å²) in [7, 11) is 0. The van der Waals surface area contributed by atoms with Crippen molar-refractivity contribution in [1.82, 2.24) is 14.9 Å². The maximum atomic E-state index is 11.9. The average molecular weight is 293 g/mol. The van der Waals surface area contributed by atoms with Gasteiger partial charge >= 0.3 is 6.09 Å². The van der Waals surface area contributed by atoms with Gasteiger partial charge in [0, 0.05) is 6.04 Å². The quantitative estimate of drug-likeness (QED) is 0.897. The molecule has 2 atom stereocenters. The first-order chi connectivity index (χ1) is 9.76. The van der Waals surface area contributed by atoms with Gasteiger partial charge in [-0.15, -0.1) is 0 Å². The van der Waals surface area contributed by atoms with Crippen molar-refractivity contribution in [2.75, 3.05) is 0 Å². The van der Waals surface area contributed by atoms with Gasteiger partial charge < -0.3 is 14.6 Å². The molecule has 5 heteroatoms. The van der Waals surface area contributed by atoms with E-state index in [1.807, 2.05) is 40.2 Å². The van der Waals surface area contributed by atoms with Crippen molar-refractivity contribution in [2.24, 2.45) is 5.92 Å². The smallest absolute Gasteiger partial charge is 0.408 e. The molecule has 0 spiro atoms. The van der Waals surface area contributed by atoms with E-state index in [0.717, 1.165) is 11.6 Å². The highest BCUT2D eigenvalue weighted by molar-refractivity contribution is 5.68. The van der Waals surface area contributed by atoms with Gasteiger partial charge in [-0.1, -0.05) is 12.8 Å². The highest BCUT2D eigenvalue weighted by atomic mass is 16.6. The zero-order chi connectivity index (χ0) is 15.6. The van der Waals surface area contributed by atoms with Gasteiger partial charge in [0.05, 0.1) is 24.3 Å². The third kappa shape index (κ3) is 4.76. The number of hydrogen-bond donors (Lipinski definition) is 1. The van der Waals surface area contributed by atoms with E-state index < -0.39 is 11.7 Å². The molecule has 0 aromatic carbocycles. The Morgan fingerprint density at radius 2 is 2.14 bits per heavy atom. The molecule has 21 heavy (non-hydrogen) atoms. The molecule has 1 aromatic heterocycles. The molecule has 1 heterocycles. The Labute approximate surface area is 127 Å². The average Bonchev–Trinajstić information content (AvgIpc) is 3.00. The molecule has 2 unspecified atom stereocenters. The van der Waals surface area contributed by atoms with E-state index >= 15 is 0 Å². The van der Waals surface area contributed by atoms with Gasteiger partial charge in [-0.2, -0.15) is 0 Å². The van der Waals surface area contributed by atoms with E-state index in [9.17, 15) is 4.79 Å². The molecule has 1 N–H and O–H groups in total. The largest absolute Gasteiger partial charge is 0.444 e. The summed E-state index contributed by atoms with van der Waals surface area (Å²) in [5, 5.41) is 2.88. The van der Waals surface area contributed by atoms with Crippen LogP contribution in [0.25, 0.3) is 0 Å². The predicted octanol–water partition coefficient (Wildman–Crippen LogP) is 3.83. The Morgan fingerprint density at radius 3 is 2.71 bits per heavy atom. The third-order valence-electron chi connectivity index (χ3n) is 3.72. The van der Waals surface area contributed by atoms with Crippen LogP contribution in [0.4, 0.5) is 4.79 Å². The first-order valence-electron chi connectivity index (χ1n) is 7.77. The second kappa shape index (κ2) is 6.08. The summed E-state index contributed by atoms with van der Waals surface area (Å²) in [6, 6.07) is 0.293. The lowest BCUT2D eigenvalue weighted by Crippen LogP contribution is -2.34. The molecule has 1 aromatic rings. The van der Waals surface area contributed by atoms with E-state index in [2.05, 4.69) is 21.8 Å². The van der Waals surface area contributed by atoms with E-state index in [1.54, 1.807) is 0 Å². The van der Waals surface area contributed by atoms with Crippen LogP contribution in [0.15, 0.2) is 12.5 Å². The molecule has 2 rings (SSSR count). The Hall–Kier alpha value is -1.52. The van der Waals surface area contributed by atoms with E-state index in [0.29, 0.717) is 6.04 Å². The van der Waals surface area contributed by atoms with Crippen molar-refractivity contribution >= 4 is 6.09 Å². The number of rotatable bonds is 5. The van der Waals surface area contributed by atoms with Crippen LogP contribution in [-0.4, -0.2) is 21.2 Å². The van der Waals surface area contributed by atoms with Crippen molar-refractivity contribution in [3.63, 3.8) is 0 Å². The van der Waals surface area contributed by atoms with E-state index in [4.69, 9.17) is 4.74 Å². The molecule has 0 aliphatic heterocycles. The molecule has 1 fully saturated rings. The summed E-state index contributed by atoms with van der Waals surface area (Å²) in [4.78, 5) is 16.1. The predicted molar refractivity (Wildman–Crippen MR) is 82.1 cm³/mol. The molecule has 1 saturated carbocycles. The Balaban J connectivity index is 1.97. The third-order valence-corrected chi connectivity index (χ3v) is 3.72. The monoisotopic (exact) mass is 293 g/mol. The maximum absolute atomic E-state index is 11.9. The number of carbonyl (C=O) groups is 1. The van der Waals surface area contributed by atoms with Crippen molar-refractivity contribution < 1.29 is 9.53 Å². The fourth-order valence-corrected chi connectivity index (χ4v) is 2.53. The molecule has 5 nitrogen and oxygen atoms in total. The van der Waals surface area contributed by atoms with Gasteiger partial charge in [0.2, 0.25) is 0 Å². The SMILES string of the molecule is CC(NC(=O)OC(C)(C)C)c1cncn1C(C)CC1CC1. The first kappa shape index (κ1) is 15.9. The molecule has 1 aliphatic carbocycles. The van der Waals surface area contributed by atoms with Crippen molar-refractivity contribution in [2.45, 2.75) is 71.6 Å². The summed E-state index contributed by atoms with van der Waals surface area (Å²) < 4.78 is 7.47. The minimum Gasteiger partial charge on any atom is -0.444 e. The van der Waals surface area contributed by atoms with Gasteiger partial charge in [0.1, 0.15) is 5.60 Å². The normalized spacial score (nSPS) is 18.1. The summed E-state index contributed by atoms with van der Waals surface area (Å²) in [6.07, 6.45) is 7.17. The summed E-state index contributed by atoms with van der Waals surface area (Å²) in [6.45, 7) is 9.75. The first-order valence-corrected chi connectivity index (χ1v) is 7.77. The summed E-state index contributed by atoms with van der Waals surface area (Å²) >= 11 is 0. The molecule has 0 bridgehead atoms. The topological polar surface area (TPSA) is 56.1 Å². The second-order valence-corrected chi connectivity index (χ2v) is 7.12. The van der Waals surface area contributed by atoms with Crippen LogP contribution >= 0.6 is 0 Å². The van der Waals surface area contributed by atoms with Crippen molar-refractivity contribution in [3.05, 3.63) is 18.2 Å². The van der Waals surface area contributed by atoms with Crippen LogP contribution in [0.2, 0.25) is 0 Å². The number of nitrogens with zero attached hydrogens (tertiary/aromatic N) is 2. The standard InChI is InChI=1S/C16H27N3O2/c1-11(8-13-6-7-13)19-10-17-9-14(19)12(2)18-15(20)21-16(3,4)5/h9-13H,6-8H2,1-5H3,(H,18,20). The fourth-order valence-electron chi connectivity index (χ4n) is 2.53. The van der Waals surface area contributed by atoms with Gasteiger partial charge in [0.15, 0.2) is 0 Å². The van der Waals surface area contributed by atoms with Crippen LogP contribution < -0.4 is 5.32 Å². The van der Waals surface area contributed by atoms with Crippen LogP contribution in [0.3, 0.4) is 0 Å². The molecule has 1 aliphatic rings. The molecule has 1 amide bonds. The van der Waals surface area contributed by atoms with Crippen LogP contribution in [0.1, 0.15) is 71.7 Å². The van der Waals surface area contributed by atoms with E-state index in [1.165, 1.54) is 19.3 Å². The maximum Gasteiger partial charge on any atom is 0.408 e. The Bertz CT molecular complexity index is 486. The highest BCUT2D eigenvalue weighted by Crippen LogP contribution is 2.37. The Kier molecular flexibility index (Phi) is 4.59. The number of ether oxygens (including phenoxy) is 1. The van der Waals surface area contributed by atoms with Crippen LogP contribution in [0.5, 0.6) is 0 Å². The lowest BCUT2D eigenvalue weighted by Gasteiger charge is -2.24. The number of aromatic nitrogens is 2. The van der Waals surface area contributed by atoms with Gasteiger partial charge in [-0.25, -0.2) is 9.78 Å². The number of alkyl carbamates (subject to hydrolysis) is 1. The number of hydrogen-bond acceptors (Lipinski definition) is 3. The zero-order valence-corrected chi connectivity index (χ0v) is 13.7. The second-order valence-electron chi connectivity index (χ2n) is 7.12. The zero-order valence-electron chi connectivity index (χ0n) is 13.7. The lowest BCUT2D eigenvalue weighted by molar-refractivity contribution is 0.0505. The minimum atomic E-state index is -0.483. The van der Waals surface area contributed by atoms with Gasteiger partial charge in [0.25, 0.3) is 0 Å². The highest BCUT2D eigenvalue weighted by Gasteiger charge is 2.26. The molecule has 0 radical (unpaired) electrons. The molecule has 118 valence electrons. The van der Waals surface area contributed by atoms with Gasteiger partial charge in [-0.05, 0) is 47.0 Å². The number of nitrogens with one attached hydrogen (secondary N) is 1. The summed E-state index contributed by atoms with van der Waals surface area (Å²) in [5.41, 5.74) is 0.539. The molecular formula is C16H27N3O2.